The number of carboxylic acids is 1. The maximum absolute atomic E-state index is 13.5. The van der Waals surface area contributed by atoms with Crippen molar-refractivity contribution in [2.75, 3.05) is 12.0 Å². The van der Waals surface area contributed by atoms with Crippen LogP contribution in [0.25, 0.3) is 21.8 Å². The van der Waals surface area contributed by atoms with E-state index < -0.39 is 53.8 Å². The van der Waals surface area contributed by atoms with Crippen LogP contribution in [-0.2, 0) is 36.8 Å². The van der Waals surface area contributed by atoms with Crippen molar-refractivity contribution in [3.8, 4) is 0 Å². The average molecular weight is 650 g/mol. The molecule has 14 heteroatoms. The van der Waals surface area contributed by atoms with Crippen LogP contribution in [0.4, 0.5) is 0 Å². The minimum atomic E-state index is -1.32. The van der Waals surface area contributed by atoms with Crippen molar-refractivity contribution in [3.05, 3.63) is 72.1 Å². The van der Waals surface area contributed by atoms with Crippen molar-refractivity contribution >= 4 is 63.2 Å². The monoisotopic (exact) mass is 649 g/mol. The fraction of sp³-hybridized carbons (Fsp3) is 0.344. The Morgan fingerprint density at radius 2 is 1.26 bits per heavy atom. The van der Waals surface area contributed by atoms with E-state index in [9.17, 15) is 29.1 Å². The molecular formula is C32H39N7O6S. The van der Waals surface area contributed by atoms with E-state index in [-0.39, 0.29) is 32.1 Å². The van der Waals surface area contributed by atoms with Gasteiger partial charge in [0.15, 0.2) is 0 Å². The molecule has 4 rings (SSSR count). The molecule has 4 atom stereocenters. The van der Waals surface area contributed by atoms with E-state index in [0.717, 1.165) is 27.4 Å². The summed E-state index contributed by atoms with van der Waals surface area (Å²) in [5, 5.41) is 19.5. The predicted molar refractivity (Wildman–Crippen MR) is 177 cm³/mol. The van der Waals surface area contributed by atoms with E-state index >= 15 is 0 Å². The van der Waals surface area contributed by atoms with Gasteiger partial charge in [0.25, 0.3) is 0 Å². The first-order valence-electron chi connectivity index (χ1n) is 14.8. The quantitative estimate of drug-likeness (QED) is 0.0830. The topological polar surface area (TPSA) is 225 Å². The third-order valence-electron chi connectivity index (χ3n) is 7.72. The van der Waals surface area contributed by atoms with Gasteiger partial charge in [-0.15, -0.1) is 0 Å². The normalized spacial score (nSPS) is 13.9. The van der Waals surface area contributed by atoms with Crippen molar-refractivity contribution in [1.82, 2.24) is 25.9 Å². The number of hydrogen-bond donors (Lipinski definition) is 8. The molecular weight excluding hydrogens is 610 g/mol. The molecule has 0 radical (unpaired) electrons. The molecule has 10 N–H and O–H groups in total. The number of nitrogens with one attached hydrogen (secondary N) is 5. The van der Waals surface area contributed by atoms with E-state index in [1.165, 1.54) is 11.8 Å². The zero-order chi connectivity index (χ0) is 33.2. The molecule has 4 aromatic rings. The Hall–Kier alpha value is -4.82. The Labute approximate surface area is 269 Å². The number of carbonyl (C=O) groups is 5. The number of hydrogen-bond acceptors (Lipinski definition) is 7. The molecule has 4 amide bonds. The SMILES string of the molecule is CSCCC(NC(=O)C(N)Cc1c[nH]c2ccccc12)C(=O)NC(CCC(N)=O)C(=O)NC(Cc1c[nH]c2ccccc12)C(=O)O. The number of nitrogens with two attached hydrogens (primary N) is 2. The lowest BCUT2D eigenvalue weighted by Gasteiger charge is -2.25. The Morgan fingerprint density at radius 1 is 0.761 bits per heavy atom. The summed E-state index contributed by atoms with van der Waals surface area (Å²) >= 11 is 1.47. The number of amides is 4. The molecule has 46 heavy (non-hydrogen) atoms. The van der Waals surface area contributed by atoms with Gasteiger partial charge >= 0.3 is 5.97 Å². The minimum absolute atomic E-state index is 0.0255. The second kappa shape index (κ2) is 16.0. The van der Waals surface area contributed by atoms with Crippen LogP contribution < -0.4 is 27.4 Å². The highest BCUT2D eigenvalue weighted by Gasteiger charge is 2.31. The summed E-state index contributed by atoms with van der Waals surface area (Å²) in [4.78, 5) is 70.0. The Balaban J connectivity index is 1.45. The largest absolute Gasteiger partial charge is 0.480 e. The number of rotatable bonds is 17. The van der Waals surface area contributed by atoms with E-state index in [1.807, 2.05) is 54.8 Å². The van der Waals surface area contributed by atoms with Crippen molar-refractivity contribution < 1.29 is 29.1 Å². The summed E-state index contributed by atoms with van der Waals surface area (Å²) in [6.45, 7) is 0. The summed E-state index contributed by atoms with van der Waals surface area (Å²) in [6, 6.07) is 10.4. The van der Waals surface area contributed by atoms with Gasteiger partial charge < -0.3 is 42.5 Å². The summed E-state index contributed by atoms with van der Waals surface area (Å²) in [5.74, 6) is -3.47. The Morgan fingerprint density at radius 3 is 1.80 bits per heavy atom. The first kappa shape index (κ1) is 34.1. The standard InChI is InChI=1S/C32H39N7O6S/c1-46-13-12-26(37-29(41)22(33)14-18-16-35-23-8-4-2-6-20(18)23)31(43)38-25(10-11-28(34)40)30(42)39-27(32(44)45)15-19-17-36-24-9-5-3-7-21(19)24/h2-9,16-17,22,25-27,35-36H,10-15,33H2,1H3,(H2,34,40)(H,37,41)(H,38,43)(H,39,42)(H,44,45). The first-order chi connectivity index (χ1) is 22.1. The zero-order valence-corrected chi connectivity index (χ0v) is 26.2. The number of fused-ring (bicyclic) bond motifs is 2. The van der Waals surface area contributed by atoms with Gasteiger partial charge in [-0.1, -0.05) is 36.4 Å². The van der Waals surface area contributed by atoms with Crippen LogP contribution in [0.15, 0.2) is 60.9 Å². The molecule has 13 nitrogen and oxygen atoms in total. The molecule has 0 aliphatic rings. The molecule has 0 fully saturated rings. The number of aromatic amines is 2. The molecule has 0 spiro atoms. The van der Waals surface area contributed by atoms with Gasteiger partial charge in [-0.25, -0.2) is 4.79 Å². The van der Waals surface area contributed by atoms with E-state index in [1.54, 1.807) is 12.4 Å². The highest BCUT2D eigenvalue weighted by Crippen LogP contribution is 2.20. The van der Waals surface area contributed by atoms with Crippen LogP contribution in [0.3, 0.4) is 0 Å². The Kier molecular flexibility index (Phi) is 11.8. The van der Waals surface area contributed by atoms with Gasteiger partial charge in [-0.2, -0.15) is 11.8 Å². The molecule has 4 unspecified atom stereocenters. The number of primary amides is 1. The maximum Gasteiger partial charge on any atom is 0.326 e. The van der Waals surface area contributed by atoms with E-state index in [4.69, 9.17) is 11.5 Å². The van der Waals surface area contributed by atoms with Gasteiger partial charge in [-0.05, 0) is 54.5 Å². The third kappa shape index (κ3) is 8.88. The van der Waals surface area contributed by atoms with Crippen molar-refractivity contribution in [2.24, 2.45) is 11.5 Å². The summed E-state index contributed by atoms with van der Waals surface area (Å²) < 4.78 is 0. The molecule has 0 aliphatic carbocycles. The summed E-state index contributed by atoms with van der Waals surface area (Å²) in [7, 11) is 0. The Bertz CT molecular complexity index is 1700. The predicted octanol–water partition coefficient (Wildman–Crippen LogP) is 1.32. The number of H-pyrrole nitrogens is 2. The number of thioether (sulfide) groups is 1. The second-order valence-corrected chi connectivity index (χ2v) is 12.0. The summed E-state index contributed by atoms with van der Waals surface area (Å²) in [6.07, 6.45) is 5.35. The lowest BCUT2D eigenvalue weighted by molar-refractivity contribution is -0.142. The third-order valence-corrected chi connectivity index (χ3v) is 8.37. The molecule has 244 valence electrons. The molecule has 0 aliphatic heterocycles. The fourth-order valence-electron chi connectivity index (χ4n) is 5.23. The number of aromatic nitrogens is 2. The second-order valence-electron chi connectivity index (χ2n) is 11.0. The average Bonchev–Trinajstić information content (AvgIpc) is 3.64. The molecule has 2 aromatic carbocycles. The fourth-order valence-corrected chi connectivity index (χ4v) is 5.71. The van der Waals surface area contributed by atoms with Crippen LogP contribution in [-0.4, -0.2) is 80.8 Å². The number of aliphatic carboxylic acids is 1. The molecule has 0 saturated heterocycles. The van der Waals surface area contributed by atoms with Crippen molar-refractivity contribution in [2.45, 2.75) is 56.3 Å². The van der Waals surface area contributed by atoms with Gasteiger partial charge in [0.05, 0.1) is 6.04 Å². The lowest BCUT2D eigenvalue weighted by atomic mass is 10.0. The summed E-state index contributed by atoms with van der Waals surface area (Å²) in [5.41, 5.74) is 14.8. The number of benzene rings is 2. The molecule has 0 bridgehead atoms. The highest BCUT2D eigenvalue weighted by molar-refractivity contribution is 7.98. The smallest absolute Gasteiger partial charge is 0.326 e. The first-order valence-corrected chi connectivity index (χ1v) is 16.2. The maximum atomic E-state index is 13.5. The molecule has 2 heterocycles. The van der Waals surface area contributed by atoms with Gasteiger partial charge in [0, 0.05) is 47.0 Å². The lowest BCUT2D eigenvalue weighted by Crippen LogP contribution is -2.57. The number of carboxylic acid groups (broad SMARTS) is 1. The van der Waals surface area contributed by atoms with Gasteiger partial charge in [0.2, 0.25) is 23.6 Å². The van der Waals surface area contributed by atoms with Gasteiger partial charge in [-0.3, -0.25) is 19.2 Å². The number of para-hydroxylation sites is 2. The molecule has 2 aromatic heterocycles. The van der Waals surface area contributed by atoms with Crippen molar-refractivity contribution in [3.63, 3.8) is 0 Å². The van der Waals surface area contributed by atoms with Crippen LogP contribution in [0, 0.1) is 0 Å². The van der Waals surface area contributed by atoms with E-state index in [2.05, 4.69) is 25.9 Å². The van der Waals surface area contributed by atoms with Gasteiger partial charge in [0.1, 0.15) is 18.1 Å². The van der Waals surface area contributed by atoms with Crippen LogP contribution in [0.5, 0.6) is 0 Å². The van der Waals surface area contributed by atoms with Crippen LogP contribution in [0.2, 0.25) is 0 Å². The highest BCUT2D eigenvalue weighted by atomic mass is 32.2. The van der Waals surface area contributed by atoms with E-state index in [0.29, 0.717) is 11.3 Å². The minimum Gasteiger partial charge on any atom is -0.480 e. The van der Waals surface area contributed by atoms with Crippen LogP contribution in [0.1, 0.15) is 30.4 Å². The molecule has 0 saturated carbocycles. The van der Waals surface area contributed by atoms with Crippen LogP contribution >= 0.6 is 11.8 Å². The number of carbonyl (C=O) groups excluding carboxylic acids is 4. The zero-order valence-electron chi connectivity index (χ0n) is 25.4. The van der Waals surface area contributed by atoms with Crippen molar-refractivity contribution in [1.29, 1.82) is 0 Å².